The number of hydrogen-bond acceptors (Lipinski definition) is 6. The average molecular weight is 471 g/mol. The maximum atomic E-state index is 12.9. The normalized spacial score (nSPS) is 14.6. The first-order valence-electron chi connectivity index (χ1n) is 11.2. The van der Waals surface area contributed by atoms with Gasteiger partial charge in [0.05, 0.1) is 11.4 Å². The first-order valence-corrected chi connectivity index (χ1v) is 11.2. The van der Waals surface area contributed by atoms with Crippen molar-refractivity contribution in [1.29, 1.82) is 0 Å². The third-order valence-electron chi connectivity index (χ3n) is 6.05. The molecule has 9 heteroatoms. The monoisotopic (exact) mass is 471 g/mol. The minimum atomic E-state index is -0.632. The summed E-state index contributed by atoms with van der Waals surface area (Å²) in [6.45, 7) is -0.636. The molecule has 4 amide bonds. The van der Waals surface area contributed by atoms with Crippen LogP contribution in [0.2, 0.25) is 0 Å². The number of para-hydroxylation sites is 2. The van der Waals surface area contributed by atoms with E-state index in [1.165, 1.54) is 4.90 Å². The highest BCUT2D eigenvalue weighted by Crippen LogP contribution is 2.30. The third kappa shape index (κ3) is 4.12. The van der Waals surface area contributed by atoms with Crippen molar-refractivity contribution < 1.29 is 28.7 Å². The maximum Gasteiger partial charge on any atom is 0.306 e. The summed E-state index contributed by atoms with van der Waals surface area (Å²) in [6, 6.07) is 17.5. The number of anilines is 2. The summed E-state index contributed by atoms with van der Waals surface area (Å²) in [7, 11) is 0. The summed E-state index contributed by atoms with van der Waals surface area (Å²) in [4.78, 5) is 65.0. The highest BCUT2D eigenvalue weighted by atomic mass is 16.5. The zero-order valence-electron chi connectivity index (χ0n) is 18.7. The lowest BCUT2D eigenvalue weighted by Crippen LogP contribution is -2.44. The largest absolute Gasteiger partial charge is 0.456 e. The Morgan fingerprint density at radius 2 is 1.57 bits per heavy atom. The smallest absolute Gasteiger partial charge is 0.306 e. The van der Waals surface area contributed by atoms with E-state index in [9.17, 15) is 24.0 Å². The van der Waals surface area contributed by atoms with E-state index in [2.05, 4.69) is 5.32 Å². The van der Waals surface area contributed by atoms with Gasteiger partial charge in [0, 0.05) is 29.5 Å². The van der Waals surface area contributed by atoms with Crippen LogP contribution in [0.3, 0.4) is 0 Å². The molecule has 0 saturated carbocycles. The molecule has 0 aromatic heterocycles. The SMILES string of the molecule is O=C1CN(C(=O)COC(=O)CCCN2C(=O)c3cccc4cccc(c34)C2=O)c2ccccc2N1. The van der Waals surface area contributed by atoms with Gasteiger partial charge in [-0.25, -0.2) is 0 Å². The highest BCUT2D eigenvalue weighted by molar-refractivity contribution is 6.25. The van der Waals surface area contributed by atoms with Crippen LogP contribution in [0.25, 0.3) is 10.8 Å². The molecule has 0 fully saturated rings. The summed E-state index contributed by atoms with van der Waals surface area (Å²) in [5.74, 6) is -2.29. The summed E-state index contributed by atoms with van der Waals surface area (Å²) in [5.41, 5.74) is 1.95. The van der Waals surface area contributed by atoms with Crippen LogP contribution in [0.5, 0.6) is 0 Å². The van der Waals surface area contributed by atoms with Crippen molar-refractivity contribution >= 4 is 51.7 Å². The van der Waals surface area contributed by atoms with Gasteiger partial charge in [0.15, 0.2) is 6.61 Å². The number of fused-ring (bicyclic) bond motifs is 1. The van der Waals surface area contributed by atoms with Gasteiger partial charge in [0.2, 0.25) is 5.91 Å². The lowest BCUT2D eigenvalue weighted by Gasteiger charge is -2.29. The van der Waals surface area contributed by atoms with E-state index in [1.54, 1.807) is 48.5 Å². The van der Waals surface area contributed by atoms with E-state index in [4.69, 9.17) is 4.74 Å². The summed E-state index contributed by atoms with van der Waals surface area (Å²) in [5, 5.41) is 4.16. The van der Waals surface area contributed by atoms with Crippen LogP contribution in [0.1, 0.15) is 33.6 Å². The molecule has 0 unspecified atom stereocenters. The third-order valence-corrected chi connectivity index (χ3v) is 6.05. The summed E-state index contributed by atoms with van der Waals surface area (Å²) in [6.07, 6.45) is 0.116. The van der Waals surface area contributed by atoms with Crippen LogP contribution in [0.15, 0.2) is 60.7 Å². The molecular formula is C26H21N3O6. The van der Waals surface area contributed by atoms with Crippen molar-refractivity contribution in [1.82, 2.24) is 4.90 Å². The second kappa shape index (κ2) is 9.02. The first-order chi connectivity index (χ1) is 16.9. The Balaban J connectivity index is 1.16. The fourth-order valence-corrected chi connectivity index (χ4v) is 4.41. The van der Waals surface area contributed by atoms with E-state index in [-0.39, 0.29) is 31.8 Å². The van der Waals surface area contributed by atoms with Crippen molar-refractivity contribution in [3.63, 3.8) is 0 Å². The van der Waals surface area contributed by atoms with Gasteiger partial charge in [-0.2, -0.15) is 0 Å². The number of carbonyl (C=O) groups is 5. The number of nitrogens with zero attached hydrogens (tertiary/aromatic N) is 2. The molecule has 2 aliphatic rings. The highest BCUT2D eigenvalue weighted by Gasteiger charge is 2.32. The molecule has 2 heterocycles. The van der Waals surface area contributed by atoms with Crippen LogP contribution in [-0.4, -0.2) is 54.2 Å². The van der Waals surface area contributed by atoms with Crippen molar-refractivity contribution in [2.75, 3.05) is 29.9 Å². The average Bonchev–Trinajstić information content (AvgIpc) is 2.87. The Kier molecular flexibility index (Phi) is 5.74. The maximum absolute atomic E-state index is 12.9. The number of nitrogens with one attached hydrogen (secondary N) is 1. The number of ether oxygens (including phenoxy) is 1. The van der Waals surface area contributed by atoms with E-state index in [1.807, 2.05) is 12.1 Å². The van der Waals surface area contributed by atoms with Gasteiger partial charge in [-0.1, -0.05) is 36.4 Å². The Labute approximate surface area is 200 Å². The lowest BCUT2D eigenvalue weighted by atomic mass is 9.94. The molecule has 35 heavy (non-hydrogen) atoms. The molecule has 2 aliphatic heterocycles. The van der Waals surface area contributed by atoms with Gasteiger partial charge in [0.25, 0.3) is 17.7 Å². The van der Waals surface area contributed by atoms with E-state index >= 15 is 0 Å². The van der Waals surface area contributed by atoms with E-state index < -0.39 is 30.3 Å². The molecule has 0 saturated heterocycles. The number of benzene rings is 3. The predicted octanol–water partition coefficient (Wildman–Crippen LogP) is 2.74. The molecule has 0 atom stereocenters. The molecule has 176 valence electrons. The van der Waals surface area contributed by atoms with Crippen LogP contribution in [0.4, 0.5) is 11.4 Å². The molecule has 0 spiro atoms. The van der Waals surface area contributed by atoms with E-state index in [0.29, 0.717) is 27.9 Å². The van der Waals surface area contributed by atoms with Gasteiger partial charge in [-0.3, -0.25) is 33.8 Å². The van der Waals surface area contributed by atoms with Crippen molar-refractivity contribution in [2.45, 2.75) is 12.8 Å². The second-order valence-corrected chi connectivity index (χ2v) is 8.28. The number of carbonyl (C=O) groups excluding carboxylic acids is 5. The van der Waals surface area contributed by atoms with Crippen LogP contribution >= 0.6 is 0 Å². The molecule has 3 aromatic carbocycles. The molecule has 5 rings (SSSR count). The summed E-state index contributed by atoms with van der Waals surface area (Å²) < 4.78 is 5.10. The first kappa shape index (κ1) is 22.3. The van der Waals surface area contributed by atoms with E-state index in [0.717, 1.165) is 10.3 Å². The number of esters is 1. The van der Waals surface area contributed by atoms with Crippen LogP contribution < -0.4 is 10.2 Å². The number of amides is 4. The molecule has 3 aromatic rings. The van der Waals surface area contributed by atoms with Crippen LogP contribution in [0, 0.1) is 0 Å². The van der Waals surface area contributed by atoms with Gasteiger partial charge < -0.3 is 10.1 Å². The fraction of sp³-hybridized carbons (Fsp3) is 0.192. The number of rotatable bonds is 6. The number of imide groups is 1. The molecule has 0 radical (unpaired) electrons. The fourth-order valence-electron chi connectivity index (χ4n) is 4.41. The van der Waals surface area contributed by atoms with Crippen molar-refractivity contribution in [3.8, 4) is 0 Å². The topological polar surface area (TPSA) is 113 Å². The van der Waals surface area contributed by atoms with Gasteiger partial charge in [-0.05, 0) is 36.1 Å². The lowest BCUT2D eigenvalue weighted by molar-refractivity contribution is -0.148. The Morgan fingerprint density at radius 1 is 0.886 bits per heavy atom. The van der Waals surface area contributed by atoms with Crippen molar-refractivity contribution in [2.24, 2.45) is 0 Å². The number of hydrogen-bond donors (Lipinski definition) is 1. The predicted molar refractivity (Wildman–Crippen MR) is 127 cm³/mol. The molecule has 9 nitrogen and oxygen atoms in total. The van der Waals surface area contributed by atoms with Gasteiger partial charge in [0.1, 0.15) is 6.54 Å². The quantitative estimate of drug-likeness (QED) is 0.437. The second-order valence-electron chi connectivity index (χ2n) is 8.28. The van der Waals surface area contributed by atoms with Crippen molar-refractivity contribution in [3.05, 3.63) is 71.8 Å². The van der Waals surface area contributed by atoms with Gasteiger partial charge in [-0.15, -0.1) is 0 Å². The molecule has 0 aliphatic carbocycles. The molecule has 1 N–H and O–H groups in total. The Morgan fingerprint density at radius 3 is 2.29 bits per heavy atom. The Bertz CT molecular complexity index is 1350. The van der Waals surface area contributed by atoms with Gasteiger partial charge >= 0.3 is 5.97 Å². The Hall–Kier alpha value is -4.53. The van der Waals surface area contributed by atoms with Crippen LogP contribution in [-0.2, 0) is 19.1 Å². The standard InChI is InChI=1S/C26H21N3O6/c30-21-14-29(20-11-2-1-10-19(20)27-21)22(31)15-35-23(32)12-5-13-28-25(33)17-8-3-6-16-7-4-9-18(24(16)17)26(28)34/h1-4,6-11H,5,12-15H2,(H,27,30). The zero-order valence-corrected chi connectivity index (χ0v) is 18.7. The molecular weight excluding hydrogens is 450 g/mol. The zero-order chi connectivity index (χ0) is 24.5. The molecule has 0 bridgehead atoms. The summed E-state index contributed by atoms with van der Waals surface area (Å²) >= 11 is 0. The minimum Gasteiger partial charge on any atom is -0.456 e. The minimum absolute atomic E-state index is 0.0467.